The lowest BCUT2D eigenvalue weighted by Gasteiger charge is -2.35. The van der Waals surface area contributed by atoms with Crippen LogP contribution in [0.15, 0.2) is 53.4 Å². The number of carbonyl (C=O) groups excluding carboxylic acids is 1. The van der Waals surface area contributed by atoms with Crippen LogP contribution in [0, 0.1) is 0 Å². The van der Waals surface area contributed by atoms with Crippen molar-refractivity contribution in [3.05, 3.63) is 59.7 Å². The summed E-state index contributed by atoms with van der Waals surface area (Å²) in [6.45, 7) is 3.56. The van der Waals surface area contributed by atoms with Gasteiger partial charge >= 0.3 is 0 Å². The topological polar surface area (TPSA) is 75.7 Å². The fraction of sp³-hybridized carbons (Fsp3) is 0.409. The second kappa shape index (κ2) is 9.52. The Hall–Kier alpha value is -2.22. The van der Waals surface area contributed by atoms with E-state index in [0.29, 0.717) is 5.56 Å². The van der Waals surface area contributed by atoms with Crippen LogP contribution < -0.4 is 9.46 Å². The van der Waals surface area contributed by atoms with Crippen molar-refractivity contribution in [2.75, 3.05) is 26.7 Å². The van der Waals surface area contributed by atoms with Gasteiger partial charge in [-0.15, -0.1) is 0 Å². The molecule has 0 spiro atoms. The number of ketones is 1. The van der Waals surface area contributed by atoms with Gasteiger partial charge in [-0.1, -0.05) is 36.8 Å². The Morgan fingerprint density at radius 3 is 2.34 bits per heavy atom. The van der Waals surface area contributed by atoms with Crippen molar-refractivity contribution < 1.29 is 17.9 Å². The Balaban J connectivity index is 1.82. The van der Waals surface area contributed by atoms with Gasteiger partial charge in [-0.3, -0.25) is 9.69 Å². The third kappa shape index (κ3) is 5.23. The SMILES string of the molecule is COc1ccccc1C(CNS(=O)(=O)c1ccc(C(C)=O)cc1)N1CCCCC1. The predicted molar refractivity (Wildman–Crippen MR) is 113 cm³/mol. The fourth-order valence-electron chi connectivity index (χ4n) is 3.75. The molecule has 7 heteroatoms. The minimum atomic E-state index is -3.69. The monoisotopic (exact) mass is 416 g/mol. The summed E-state index contributed by atoms with van der Waals surface area (Å²) in [6.07, 6.45) is 3.40. The van der Waals surface area contributed by atoms with Crippen molar-refractivity contribution in [3.63, 3.8) is 0 Å². The van der Waals surface area contributed by atoms with Crippen molar-refractivity contribution in [3.8, 4) is 5.75 Å². The number of para-hydroxylation sites is 1. The van der Waals surface area contributed by atoms with Crippen molar-refractivity contribution in [1.29, 1.82) is 0 Å². The molecule has 0 amide bonds. The average Bonchev–Trinajstić information content (AvgIpc) is 2.75. The van der Waals surface area contributed by atoms with Gasteiger partial charge in [0.2, 0.25) is 10.0 Å². The highest BCUT2D eigenvalue weighted by molar-refractivity contribution is 7.89. The van der Waals surface area contributed by atoms with Gasteiger partial charge in [0.1, 0.15) is 5.75 Å². The summed E-state index contributed by atoms with van der Waals surface area (Å²) < 4.78 is 34.0. The number of sulfonamides is 1. The molecule has 1 heterocycles. The van der Waals surface area contributed by atoms with Crippen LogP contribution in [0.25, 0.3) is 0 Å². The van der Waals surface area contributed by atoms with E-state index < -0.39 is 10.0 Å². The van der Waals surface area contributed by atoms with Crippen LogP contribution in [0.2, 0.25) is 0 Å². The molecule has 0 aliphatic carbocycles. The number of piperidine rings is 1. The van der Waals surface area contributed by atoms with Gasteiger partial charge in [-0.2, -0.15) is 0 Å². The summed E-state index contributed by atoms with van der Waals surface area (Å²) in [5, 5.41) is 0. The van der Waals surface area contributed by atoms with E-state index in [-0.39, 0.29) is 23.3 Å². The van der Waals surface area contributed by atoms with Crippen LogP contribution in [0.5, 0.6) is 5.75 Å². The lowest BCUT2D eigenvalue weighted by atomic mass is 10.0. The highest BCUT2D eigenvalue weighted by atomic mass is 32.2. The number of nitrogens with zero attached hydrogens (tertiary/aromatic N) is 1. The third-order valence-electron chi connectivity index (χ3n) is 5.37. The zero-order valence-corrected chi connectivity index (χ0v) is 17.7. The number of carbonyl (C=O) groups is 1. The second-order valence-electron chi connectivity index (χ2n) is 7.29. The van der Waals surface area contributed by atoms with E-state index in [2.05, 4.69) is 9.62 Å². The fourth-order valence-corrected chi connectivity index (χ4v) is 4.79. The third-order valence-corrected chi connectivity index (χ3v) is 6.81. The first-order chi connectivity index (χ1) is 13.9. The quantitative estimate of drug-likeness (QED) is 0.668. The van der Waals surface area contributed by atoms with Crippen molar-refractivity contribution in [1.82, 2.24) is 9.62 Å². The van der Waals surface area contributed by atoms with E-state index in [1.54, 1.807) is 19.2 Å². The molecule has 3 rings (SSSR count). The molecule has 29 heavy (non-hydrogen) atoms. The maximum Gasteiger partial charge on any atom is 0.240 e. The van der Waals surface area contributed by atoms with Crippen molar-refractivity contribution in [2.45, 2.75) is 37.1 Å². The van der Waals surface area contributed by atoms with Crippen LogP contribution in [-0.2, 0) is 10.0 Å². The van der Waals surface area contributed by atoms with Crippen molar-refractivity contribution in [2.24, 2.45) is 0 Å². The lowest BCUT2D eigenvalue weighted by Crippen LogP contribution is -2.40. The molecule has 0 saturated carbocycles. The molecule has 6 nitrogen and oxygen atoms in total. The highest BCUT2D eigenvalue weighted by Crippen LogP contribution is 2.31. The van der Waals surface area contributed by atoms with Crippen LogP contribution in [0.3, 0.4) is 0 Å². The second-order valence-corrected chi connectivity index (χ2v) is 9.05. The molecule has 1 aliphatic heterocycles. The Morgan fingerprint density at radius 2 is 1.72 bits per heavy atom. The molecule has 1 fully saturated rings. The number of ether oxygens (including phenoxy) is 1. The molecule has 0 bridgehead atoms. The van der Waals surface area contributed by atoms with Crippen LogP contribution in [-0.4, -0.2) is 45.8 Å². The summed E-state index contributed by atoms with van der Waals surface area (Å²) >= 11 is 0. The van der Waals surface area contributed by atoms with Gasteiger partial charge < -0.3 is 4.74 Å². The molecule has 1 aliphatic rings. The molecule has 2 aromatic carbocycles. The number of Topliss-reactive ketones (excluding diaryl/α,β-unsaturated/α-hetero) is 1. The van der Waals surface area contributed by atoms with Crippen molar-refractivity contribution >= 4 is 15.8 Å². The molecule has 0 aromatic heterocycles. The van der Waals surface area contributed by atoms with E-state index in [1.807, 2.05) is 24.3 Å². The minimum absolute atomic E-state index is 0.0942. The summed E-state index contributed by atoms with van der Waals surface area (Å²) in [5.41, 5.74) is 1.47. The van der Waals surface area contributed by atoms with E-state index in [0.717, 1.165) is 37.2 Å². The number of hydrogen-bond acceptors (Lipinski definition) is 5. The first-order valence-electron chi connectivity index (χ1n) is 9.90. The Labute approximate surface area is 172 Å². The average molecular weight is 417 g/mol. The minimum Gasteiger partial charge on any atom is -0.496 e. The van der Waals surface area contributed by atoms with Gasteiger partial charge in [0, 0.05) is 17.7 Å². The summed E-state index contributed by atoms with van der Waals surface area (Å²) in [6, 6.07) is 13.7. The van der Waals surface area contributed by atoms with Gasteiger partial charge in [-0.05, 0) is 51.1 Å². The number of methoxy groups -OCH3 is 1. The molecular weight excluding hydrogens is 388 g/mol. The van der Waals surface area contributed by atoms with E-state index in [4.69, 9.17) is 4.74 Å². The smallest absolute Gasteiger partial charge is 0.240 e. The van der Waals surface area contributed by atoms with Crippen LogP contribution in [0.1, 0.15) is 48.1 Å². The standard InChI is InChI=1S/C22H28N2O4S/c1-17(25)18-10-12-19(13-11-18)29(26,27)23-16-21(24-14-6-3-7-15-24)20-8-4-5-9-22(20)28-2/h4-5,8-13,21,23H,3,6-7,14-16H2,1-2H3. The predicted octanol–water partition coefficient (Wildman–Crippen LogP) is 3.40. The van der Waals surface area contributed by atoms with E-state index in [1.165, 1.54) is 25.5 Å². The Morgan fingerprint density at radius 1 is 1.07 bits per heavy atom. The van der Waals surface area contributed by atoms with E-state index >= 15 is 0 Å². The molecular formula is C22H28N2O4S. The first-order valence-corrected chi connectivity index (χ1v) is 11.4. The Kier molecular flexibility index (Phi) is 7.05. The lowest BCUT2D eigenvalue weighted by molar-refractivity contribution is 0.101. The largest absolute Gasteiger partial charge is 0.496 e. The maximum absolute atomic E-state index is 12.8. The maximum atomic E-state index is 12.8. The number of benzene rings is 2. The first kappa shape index (κ1) is 21.5. The highest BCUT2D eigenvalue weighted by Gasteiger charge is 2.27. The van der Waals surface area contributed by atoms with E-state index in [9.17, 15) is 13.2 Å². The van der Waals surface area contributed by atoms with Crippen LogP contribution >= 0.6 is 0 Å². The molecule has 1 atom stereocenters. The molecule has 1 N–H and O–H groups in total. The number of hydrogen-bond donors (Lipinski definition) is 1. The van der Waals surface area contributed by atoms with Crippen LogP contribution in [0.4, 0.5) is 0 Å². The normalized spacial score (nSPS) is 16.3. The summed E-state index contributed by atoms with van der Waals surface area (Å²) in [5.74, 6) is 0.663. The van der Waals surface area contributed by atoms with Gasteiger partial charge in [0.15, 0.2) is 5.78 Å². The molecule has 1 unspecified atom stereocenters. The molecule has 1 saturated heterocycles. The number of nitrogens with one attached hydrogen (secondary N) is 1. The van der Waals surface area contributed by atoms with Gasteiger partial charge in [0.25, 0.3) is 0 Å². The zero-order valence-electron chi connectivity index (χ0n) is 16.9. The number of likely N-dealkylation sites (tertiary alicyclic amines) is 1. The Bertz CT molecular complexity index is 936. The summed E-state index contributed by atoms with van der Waals surface area (Å²) in [4.78, 5) is 13.9. The summed E-state index contributed by atoms with van der Waals surface area (Å²) in [7, 11) is -2.06. The number of rotatable bonds is 8. The van der Waals surface area contributed by atoms with Gasteiger partial charge in [-0.25, -0.2) is 13.1 Å². The molecule has 156 valence electrons. The molecule has 0 radical (unpaired) electrons. The zero-order chi connectivity index (χ0) is 20.9. The van der Waals surface area contributed by atoms with Gasteiger partial charge in [0.05, 0.1) is 18.0 Å². The molecule has 2 aromatic rings.